The first kappa shape index (κ1) is 19.0. The molecule has 0 atom stereocenters. The van der Waals surface area contributed by atoms with E-state index in [1.807, 2.05) is 43.3 Å². The van der Waals surface area contributed by atoms with Crippen LogP contribution >= 0.6 is 0 Å². The highest BCUT2D eigenvalue weighted by Crippen LogP contribution is 2.32. The normalized spacial score (nSPS) is 10.7. The maximum atomic E-state index is 12.2. The fourth-order valence-corrected chi connectivity index (χ4v) is 2.46. The van der Waals surface area contributed by atoms with Gasteiger partial charge in [-0.05, 0) is 48.5 Å². The summed E-state index contributed by atoms with van der Waals surface area (Å²) in [5, 5.41) is 11.3. The Labute approximate surface area is 163 Å². The van der Waals surface area contributed by atoms with Crippen LogP contribution in [0.25, 0.3) is 0 Å². The van der Waals surface area contributed by atoms with Gasteiger partial charge in [0.15, 0.2) is 0 Å². The van der Waals surface area contributed by atoms with Crippen molar-refractivity contribution in [2.24, 2.45) is 10.2 Å². The van der Waals surface area contributed by atoms with Crippen molar-refractivity contribution in [3.63, 3.8) is 0 Å². The first-order valence-electron chi connectivity index (χ1n) is 8.66. The van der Waals surface area contributed by atoms with Crippen molar-refractivity contribution in [3.8, 4) is 5.75 Å². The number of rotatable bonds is 6. The lowest BCUT2D eigenvalue weighted by Crippen LogP contribution is -2.13. The number of hydrogen-bond donors (Lipinski definition) is 1. The summed E-state index contributed by atoms with van der Waals surface area (Å²) < 4.78 is 5.38. The number of anilines is 2. The Bertz CT molecular complexity index is 970. The van der Waals surface area contributed by atoms with Crippen LogP contribution in [0, 0.1) is 0 Å². The predicted octanol–water partition coefficient (Wildman–Crippen LogP) is 4.82. The minimum absolute atomic E-state index is 0.294. The molecule has 0 bridgehead atoms. The molecule has 142 valence electrons. The van der Waals surface area contributed by atoms with Crippen LogP contribution < -0.4 is 15.0 Å². The smallest absolute Gasteiger partial charge is 0.274 e. The molecule has 7 nitrogen and oxygen atoms in total. The molecule has 0 unspecified atom stereocenters. The number of carbonyl (C=O) groups excluding carboxylic acids is 1. The third-order valence-electron chi connectivity index (χ3n) is 3.97. The Balaban J connectivity index is 1.75. The summed E-state index contributed by atoms with van der Waals surface area (Å²) in [5.74, 6) is 0.213. The SMILES string of the molecule is COc1cc(NC(=O)c2ccccn2)ccc1/N=N/c1ccc(N(C)C)cc1. The number of pyridine rings is 1. The van der Waals surface area contributed by atoms with Crippen molar-refractivity contribution < 1.29 is 9.53 Å². The van der Waals surface area contributed by atoms with Crippen LogP contribution in [0.15, 0.2) is 77.1 Å². The highest BCUT2D eigenvalue weighted by Gasteiger charge is 2.09. The van der Waals surface area contributed by atoms with Crippen molar-refractivity contribution >= 4 is 28.7 Å². The second-order valence-electron chi connectivity index (χ2n) is 6.17. The molecule has 0 aliphatic carbocycles. The molecule has 3 rings (SSSR count). The van der Waals surface area contributed by atoms with Crippen molar-refractivity contribution in [2.45, 2.75) is 0 Å². The summed E-state index contributed by atoms with van der Waals surface area (Å²) in [7, 11) is 5.51. The largest absolute Gasteiger partial charge is 0.494 e. The van der Waals surface area contributed by atoms with Gasteiger partial charge in [-0.15, -0.1) is 5.11 Å². The number of hydrogen-bond acceptors (Lipinski definition) is 6. The number of azo groups is 1. The number of nitrogens with zero attached hydrogens (tertiary/aromatic N) is 4. The maximum Gasteiger partial charge on any atom is 0.274 e. The molecule has 7 heteroatoms. The summed E-state index contributed by atoms with van der Waals surface area (Å²) in [6, 6.07) is 18.1. The molecule has 0 saturated carbocycles. The third-order valence-corrected chi connectivity index (χ3v) is 3.97. The monoisotopic (exact) mass is 375 g/mol. The minimum Gasteiger partial charge on any atom is -0.494 e. The molecule has 0 spiro atoms. The van der Waals surface area contributed by atoms with Gasteiger partial charge in [0.1, 0.15) is 17.1 Å². The van der Waals surface area contributed by atoms with Gasteiger partial charge in [-0.2, -0.15) is 5.11 Å². The van der Waals surface area contributed by atoms with Gasteiger partial charge in [-0.1, -0.05) is 6.07 Å². The predicted molar refractivity (Wildman–Crippen MR) is 110 cm³/mol. The highest BCUT2D eigenvalue weighted by molar-refractivity contribution is 6.03. The Morgan fingerprint density at radius 2 is 1.82 bits per heavy atom. The molecule has 1 aromatic heterocycles. The quantitative estimate of drug-likeness (QED) is 0.626. The molecule has 1 N–H and O–H groups in total. The van der Waals surface area contributed by atoms with Crippen LogP contribution in [0.1, 0.15) is 10.5 Å². The lowest BCUT2D eigenvalue weighted by molar-refractivity contribution is 0.102. The average Bonchev–Trinajstić information content (AvgIpc) is 2.73. The van der Waals surface area contributed by atoms with E-state index in [2.05, 4.69) is 20.5 Å². The Morgan fingerprint density at radius 1 is 1.04 bits per heavy atom. The maximum absolute atomic E-state index is 12.2. The second-order valence-corrected chi connectivity index (χ2v) is 6.17. The topological polar surface area (TPSA) is 79.2 Å². The van der Waals surface area contributed by atoms with Gasteiger partial charge in [0.05, 0.1) is 12.8 Å². The third kappa shape index (κ3) is 4.70. The summed E-state index contributed by atoms with van der Waals surface area (Å²) in [5.41, 5.74) is 3.31. The van der Waals surface area contributed by atoms with E-state index in [4.69, 9.17) is 4.74 Å². The molecule has 1 amide bonds. The van der Waals surface area contributed by atoms with Crippen molar-refractivity contribution in [2.75, 3.05) is 31.4 Å². The lowest BCUT2D eigenvalue weighted by atomic mass is 10.2. The number of aromatic nitrogens is 1. The zero-order valence-corrected chi connectivity index (χ0v) is 16.0. The number of carbonyl (C=O) groups is 1. The second kappa shape index (κ2) is 8.77. The Kier molecular flexibility index (Phi) is 5.96. The average molecular weight is 375 g/mol. The van der Waals surface area contributed by atoms with E-state index < -0.39 is 0 Å². The number of amides is 1. The molecule has 0 radical (unpaired) electrons. The Morgan fingerprint density at radius 3 is 2.46 bits per heavy atom. The van der Waals surface area contributed by atoms with E-state index in [-0.39, 0.29) is 5.91 Å². The molecule has 2 aromatic carbocycles. The van der Waals surface area contributed by atoms with Gasteiger partial charge < -0.3 is 15.0 Å². The lowest BCUT2D eigenvalue weighted by Gasteiger charge is -2.11. The molecule has 0 aliphatic rings. The van der Waals surface area contributed by atoms with Crippen molar-refractivity contribution in [1.29, 1.82) is 0 Å². The molecule has 28 heavy (non-hydrogen) atoms. The van der Waals surface area contributed by atoms with E-state index in [0.29, 0.717) is 22.8 Å². The van der Waals surface area contributed by atoms with Gasteiger partial charge in [-0.3, -0.25) is 9.78 Å². The number of benzene rings is 2. The van der Waals surface area contributed by atoms with Crippen LogP contribution in [-0.4, -0.2) is 32.1 Å². The zero-order valence-electron chi connectivity index (χ0n) is 16.0. The van der Waals surface area contributed by atoms with E-state index in [1.165, 1.54) is 0 Å². The Hall–Kier alpha value is -3.74. The molecule has 3 aromatic rings. The molecule has 1 heterocycles. The van der Waals surface area contributed by atoms with Crippen LogP contribution in [0.3, 0.4) is 0 Å². The fourth-order valence-electron chi connectivity index (χ4n) is 2.46. The van der Waals surface area contributed by atoms with Gasteiger partial charge in [0.25, 0.3) is 5.91 Å². The molecule has 0 fully saturated rings. The summed E-state index contributed by atoms with van der Waals surface area (Å²) in [6.07, 6.45) is 1.57. The number of methoxy groups -OCH3 is 1. The summed E-state index contributed by atoms with van der Waals surface area (Å²) in [6.45, 7) is 0. The summed E-state index contributed by atoms with van der Waals surface area (Å²) in [4.78, 5) is 18.3. The first-order valence-corrected chi connectivity index (χ1v) is 8.66. The molecular formula is C21H21N5O2. The number of ether oxygens (including phenoxy) is 1. The summed E-state index contributed by atoms with van der Waals surface area (Å²) >= 11 is 0. The minimum atomic E-state index is -0.294. The van der Waals surface area contributed by atoms with Crippen LogP contribution in [0.5, 0.6) is 5.75 Å². The molecular weight excluding hydrogens is 354 g/mol. The van der Waals surface area contributed by atoms with Crippen LogP contribution in [0.2, 0.25) is 0 Å². The highest BCUT2D eigenvalue weighted by atomic mass is 16.5. The van der Waals surface area contributed by atoms with E-state index in [1.54, 1.807) is 49.7 Å². The van der Waals surface area contributed by atoms with Crippen molar-refractivity contribution in [1.82, 2.24) is 4.98 Å². The van der Waals surface area contributed by atoms with Crippen molar-refractivity contribution in [3.05, 3.63) is 72.6 Å². The van der Waals surface area contributed by atoms with Gasteiger partial charge in [0.2, 0.25) is 0 Å². The van der Waals surface area contributed by atoms with Gasteiger partial charge in [0, 0.05) is 37.7 Å². The number of nitrogens with one attached hydrogen (secondary N) is 1. The van der Waals surface area contributed by atoms with Crippen LogP contribution in [0.4, 0.5) is 22.7 Å². The van der Waals surface area contributed by atoms with E-state index in [9.17, 15) is 4.79 Å². The standard InChI is InChI=1S/C21H21N5O2/c1-26(2)17-10-7-15(8-11-17)24-25-18-12-9-16(14-20(18)28-3)23-21(27)19-6-4-5-13-22-19/h4-14H,1-3H3,(H,23,27)/b25-24+. The molecule has 0 saturated heterocycles. The fraction of sp³-hybridized carbons (Fsp3) is 0.143. The van der Waals surface area contributed by atoms with Crippen LogP contribution in [-0.2, 0) is 0 Å². The first-order chi connectivity index (χ1) is 13.6. The van der Waals surface area contributed by atoms with Gasteiger partial charge >= 0.3 is 0 Å². The zero-order chi connectivity index (χ0) is 19.9. The molecule has 0 aliphatic heterocycles. The van der Waals surface area contributed by atoms with E-state index >= 15 is 0 Å². The van der Waals surface area contributed by atoms with Gasteiger partial charge in [-0.25, -0.2) is 0 Å². The van der Waals surface area contributed by atoms with E-state index in [0.717, 1.165) is 11.4 Å².